The summed E-state index contributed by atoms with van der Waals surface area (Å²) in [5.74, 6) is -0.107. The highest BCUT2D eigenvalue weighted by Crippen LogP contribution is 2.36. The van der Waals surface area contributed by atoms with E-state index in [1.807, 2.05) is 27.7 Å². The zero-order chi connectivity index (χ0) is 15.1. The monoisotopic (exact) mass is 277 g/mol. The minimum atomic E-state index is -0.602. The number of nitrogen functional groups attached to an aromatic ring is 1. The summed E-state index contributed by atoms with van der Waals surface area (Å²) in [4.78, 5) is 15.2. The van der Waals surface area contributed by atoms with Gasteiger partial charge in [0.2, 0.25) is 5.91 Å². The molecule has 2 heterocycles. The first-order chi connectivity index (χ1) is 9.10. The average Bonchev–Trinajstić information content (AvgIpc) is 2.46. The Morgan fingerprint density at radius 3 is 2.30 bits per heavy atom. The van der Waals surface area contributed by atoms with Crippen molar-refractivity contribution >= 4 is 24.4 Å². The summed E-state index contributed by atoms with van der Waals surface area (Å²) in [7, 11) is -0.602. The fourth-order valence-electron chi connectivity index (χ4n) is 2.02. The molecule has 1 saturated heterocycles. The van der Waals surface area contributed by atoms with Crippen LogP contribution in [-0.2, 0) is 20.5 Å². The van der Waals surface area contributed by atoms with Crippen LogP contribution < -0.4 is 17.1 Å². The number of pyridine rings is 1. The van der Waals surface area contributed by atoms with Gasteiger partial charge in [-0.1, -0.05) is 0 Å². The minimum Gasteiger partial charge on any atom is -0.398 e. The molecule has 108 valence electrons. The molecule has 0 spiro atoms. The molecule has 0 atom stereocenters. The molecule has 20 heavy (non-hydrogen) atoms. The number of carbonyl (C=O) groups is 1. The van der Waals surface area contributed by atoms with Gasteiger partial charge < -0.3 is 20.8 Å². The van der Waals surface area contributed by atoms with Crippen molar-refractivity contribution in [3.63, 3.8) is 0 Å². The fraction of sp³-hybridized carbons (Fsp3) is 0.538. The normalized spacial score (nSPS) is 20.1. The van der Waals surface area contributed by atoms with Crippen LogP contribution in [0, 0.1) is 0 Å². The molecule has 1 aromatic rings. The van der Waals surface area contributed by atoms with Crippen molar-refractivity contribution in [2.24, 2.45) is 5.73 Å². The van der Waals surface area contributed by atoms with Crippen molar-refractivity contribution in [2.75, 3.05) is 5.73 Å². The summed E-state index contributed by atoms with van der Waals surface area (Å²) in [6.07, 6.45) is 0.110. The summed E-state index contributed by atoms with van der Waals surface area (Å²) < 4.78 is 11.8. The van der Waals surface area contributed by atoms with Gasteiger partial charge in [0.1, 0.15) is 5.82 Å². The highest BCUT2D eigenvalue weighted by Gasteiger charge is 2.52. The Bertz CT molecular complexity index is 530. The first-order valence-corrected chi connectivity index (χ1v) is 6.51. The van der Waals surface area contributed by atoms with Crippen molar-refractivity contribution in [1.82, 2.24) is 4.98 Å². The molecule has 6 nitrogen and oxygen atoms in total. The molecule has 0 radical (unpaired) electrons. The Morgan fingerprint density at radius 1 is 1.25 bits per heavy atom. The van der Waals surface area contributed by atoms with Gasteiger partial charge in [-0.2, -0.15) is 0 Å². The molecule has 4 N–H and O–H groups in total. The number of hydrogen-bond acceptors (Lipinski definition) is 5. The van der Waals surface area contributed by atoms with E-state index in [2.05, 4.69) is 4.98 Å². The van der Waals surface area contributed by atoms with Gasteiger partial charge in [-0.05, 0) is 45.4 Å². The first-order valence-electron chi connectivity index (χ1n) is 6.51. The number of anilines is 1. The van der Waals surface area contributed by atoms with Gasteiger partial charge in [-0.15, -0.1) is 0 Å². The second kappa shape index (κ2) is 4.75. The summed E-state index contributed by atoms with van der Waals surface area (Å²) in [6.45, 7) is 7.85. The van der Waals surface area contributed by atoms with E-state index in [0.29, 0.717) is 17.0 Å². The molecule has 1 aromatic heterocycles. The van der Waals surface area contributed by atoms with E-state index in [9.17, 15) is 4.79 Å². The second-order valence-corrected chi connectivity index (χ2v) is 6.06. The van der Waals surface area contributed by atoms with E-state index >= 15 is 0 Å². The SMILES string of the molecule is CC1(C)OB(c2cc(CC(N)=O)cc(N)n2)OC1(C)C. The number of hydrogen-bond donors (Lipinski definition) is 2. The van der Waals surface area contributed by atoms with Crippen molar-refractivity contribution in [3.8, 4) is 0 Å². The summed E-state index contributed by atoms with van der Waals surface area (Å²) in [6, 6.07) is 3.36. The van der Waals surface area contributed by atoms with Crippen LogP contribution in [0.3, 0.4) is 0 Å². The topological polar surface area (TPSA) is 100 Å². The highest BCUT2D eigenvalue weighted by atomic mass is 16.7. The molecule has 0 saturated carbocycles. The maximum absolute atomic E-state index is 11.0. The van der Waals surface area contributed by atoms with Crippen LogP contribution in [0.25, 0.3) is 0 Å². The Labute approximate surface area is 119 Å². The Balaban J connectivity index is 2.30. The van der Waals surface area contributed by atoms with Crippen LogP contribution >= 0.6 is 0 Å². The molecular formula is C13H20BN3O3. The maximum Gasteiger partial charge on any atom is 0.514 e. The molecular weight excluding hydrogens is 257 g/mol. The standard InChI is InChI=1S/C13H20BN3O3/c1-12(2)13(3,4)20-14(19-12)9-5-8(7-11(16)18)6-10(15)17-9/h5-6H,7H2,1-4H3,(H2,15,17)(H2,16,18). The summed E-state index contributed by atoms with van der Waals surface area (Å²) in [5.41, 5.74) is 11.3. The maximum atomic E-state index is 11.0. The fourth-order valence-corrected chi connectivity index (χ4v) is 2.02. The van der Waals surface area contributed by atoms with Crippen LogP contribution in [-0.4, -0.2) is 29.2 Å². The molecule has 1 aliphatic heterocycles. The molecule has 0 bridgehead atoms. The van der Waals surface area contributed by atoms with Gasteiger partial charge in [0.15, 0.2) is 0 Å². The van der Waals surface area contributed by atoms with E-state index in [-0.39, 0.29) is 6.42 Å². The van der Waals surface area contributed by atoms with Gasteiger partial charge in [-0.3, -0.25) is 4.79 Å². The van der Waals surface area contributed by atoms with E-state index < -0.39 is 24.2 Å². The zero-order valence-corrected chi connectivity index (χ0v) is 12.3. The Morgan fingerprint density at radius 2 is 1.80 bits per heavy atom. The lowest BCUT2D eigenvalue weighted by Gasteiger charge is -2.32. The van der Waals surface area contributed by atoms with Gasteiger partial charge in [-0.25, -0.2) is 4.98 Å². The molecule has 1 amide bonds. The zero-order valence-electron chi connectivity index (χ0n) is 12.3. The molecule has 2 rings (SSSR count). The smallest absolute Gasteiger partial charge is 0.398 e. The van der Waals surface area contributed by atoms with Crippen LogP contribution in [0.4, 0.5) is 5.82 Å². The second-order valence-electron chi connectivity index (χ2n) is 6.06. The molecule has 7 heteroatoms. The van der Waals surface area contributed by atoms with Crippen LogP contribution in [0.1, 0.15) is 33.3 Å². The third-order valence-corrected chi connectivity index (χ3v) is 3.80. The Kier molecular flexibility index (Phi) is 3.52. The van der Waals surface area contributed by atoms with Crippen LogP contribution in [0.2, 0.25) is 0 Å². The van der Waals surface area contributed by atoms with E-state index in [4.69, 9.17) is 20.8 Å². The third kappa shape index (κ3) is 2.78. The molecule has 0 aromatic carbocycles. The number of carbonyl (C=O) groups excluding carboxylic acids is 1. The first kappa shape index (κ1) is 14.8. The number of nitrogens with two attached hydrogens (primary N) is 2. The number of nitrogens with zero attached hydrogens (tertiary/aromatic N) is 1. The molecule has 1 fully saturated rings. The largest absolute Gasteiger partial charge is 0.514 e. The molecule has 1 aliphatic rings. The van der Waals surface area contributed by atoms with Crippen molar-refractivity contribution in [3.05, 3.63) is 17.7 Å². The van der Waals surface area contributed by atoms with Crippen LogP contribution in [0.5, 0.6) is 0 Å². The molecule has 0 unspecified atom stereocenters. The number of primary amides is 1. The van der Waals surface area contributed by atoms with Crippen molar-refractivity contribution in [1.29, 1.82) is 0 Å². The minimum absolute atomic E-state index is 0.110. The molecule has 0 aliphatic carbocycles. The van der Waals surface area contributed by atoms with Gasteiger partial charge in [0, 0.05) is 0 Å². The Hall–Kier alpha value is -1.60. The predicted octanol–water partition coefficient (Wildman–Crippen LogP) is -0.00920. The lowest BCUT2D eigenvalue weighted by Crippen LogP contribution is -2.41. The summed E-state index contributed by atoms with van der Waals surface area (Å²) >= 11 is 0. The quantitative estimate of drug-likeness (QED) is 0.757. The third-order valence-electron chi connectivity index (χ3n) is 3.80. The average molecular weight is 277 g/mol. The number of rotatable bonds is 3. The number of aromatic nitrogens is 1. The van der Waals surface area contributed by atoms with E-state index in [1.165, 1.54) is 0 Å². The predicted molar refractivity (Wildman–Crippen MR) is 77.3 cm³/mol. The van der Waals surface area contributed by atoms with Crippen molar-refractivity contribution < 1.29 is 14.1 Å². The lowest BCUT2D eigenvalue weighted by molar-refractivity contribution is -0.117. The van der Waals surface area contributed by atoms with Crippen LogP contribution in [0.15, 0.2) is 12.1 Å². The summed E-state index contributed by atoms with van der Waals surface area (Å²) in [5, 5.41) is 0. The van der Waals surface area contributed by atoms with Gasteiger partial charge in [0.05, 0.1) is 23.2 Å². The van der Waals surface area contributed by atoms with Crippen molar-refractivity contribution in [2.45, 2.75) is 45.3 Å². The van der Waals surface area contributed by atoms with Gasteiger partial charge >= 0.3 is 7.12 Å². The van der Waals surface area contributed by atoms with E-state index in [0.717, 1.165) is 0 Å². The lowest BCUT2D eigenvalue weighted by atomic mass is 9.83. The highest BCUT2D eigenvalue weighted by molar-refractivity contribution is 6.61. The van der Waals surface area contributed by atoms with E-state index in [1.54, 1.807) is 12.1 Å². The number of amides is 1. The van der Waals surface area contributed by atoms with Gasteiger partial charge in [0.25, 0.3) is 0 Å².